The van der Waals surface area contributed by atoms with Gasteiger partial charge in [0.1, 0.15) is 11.5 Å². The van der Waals surface area contributed by atoms with Crippen molar-refractivity contribution in [3.05, 3.63) is 54.7 Å². The highest BCUT2D eigenvalue weighted by molar-refractivity contribution is 5.87. The zero-order valence-electron chi connectivity index (χ0n) is 18.1. The van der Waals surface area contributed by atoms with Gasteiger partial charge in [-0.05, 0) is 30.3 Å². The van der Waals surface area contributed by atoms with E-state index in [1.54, 1.807) is 14.2 Å². The fraction of sp³-hybridized carbons (Fsp3) is 0.375. The van der Waals surface area contributed by atoms with E-state index in [0.29, 0.717) is 19.7 Å². The van der Waals surface area contributed by atoms with Crippen LogP contribution < -0.4 is 14.4 Å². The van der Waals surface area contributed by atoms with E-state index in [2.05, 4.69) is 21.6 Å². The number of nitrogens with zero attached hydrogens (tertiary/aromatic N) is 3. The van der Waals surface area contributed by atoms with Crippen molar-refractivity contribution in [2.45, 2.75) is 6.54 Å². The zero-order chi connectivity index (χ0) is 21.6. The van der Waals surface area contributed by atoms with Crippen LogP contribution in [0, 0.1) is 0 Å². The lowest BCUT2D eigenvalue weighted by Gasteiger charge is -2.36. The normalized spacial score (nSPS) is 14.1. The van der Waals surface area contributed by atoms with Gasteiger partial charge in [-0.3, -0.25) is 4.79 Å². The number of hydrogen-bond acceptors (Lipinski definition) is 5. The van der Waals surface area contributed by atoms with Gasteiger partial charge in [0.05, 0.1) is 24.9 Å². The first-order valence-electron chi connectivity index (χ1n) is 10.6. The SMILES string of the molecule is COCCn1ccc2c(OCC(=O)N3CCN(c4ccccc4OC)CC3)cccc21. The van der Waals surface area contributed by atoms with Crippen LogP contribution in [0.3, 0.4) is 0 Å². The maximum atomic E-state index is 12.8. The number of hydrogen-bond donors (Lipinski definition) is 0. The fourth-order valence-corrected chi connectivity index (χ4v) is 4.02. The van der Waals surface area contributed by atoms with Crippen molar-refractivity contribution in [3.8, 4) is 11.5 Å². The van der Waals surface area contributed by atoms with Crippen molar-refractivity contribution in [2.75, 3.05) is 58.5 Å². The third-order valence-corrected chi connectivity index (χ3v) is 5.72. The van der Waals surface area contributed by atoms with Gasteiger partial charge in [-0.2, -0.15) is 0 Å². The Balaban J connectivity index is 1.34. The molecule has 0 saturated carbocycles. The fourth-order valence-electron chi connectivity index (χ4n) is 4.02. The number of anilines is 1. The predicted molar refractivity (Wildman–Crippen MR) is 121 cm³/mol. The number of fused-ring (bicyclic) bond motifs is 1. The molecule has 0 aliphatic carbocycles. The minimum Gasteiger partial charge on any atom is -0.495 e. The highest BCUT2D eigenvalue weighted by Crippen LogP contribution is 2.29. The Morgan fingerprint density at radius 2 is 1.71 bits per heavy atom. The summed E-state index contributed by atoms with van der Waals surface area (Å²) in [6.07, 6.45) is 2.02. The molecule has 3 aromatic rings. The third-order valence-electron chi connectivity index (χ3n) is 5.72. The lowest BCUT2D eigenvalue weighted by molar-refractivity contribution is -0.133. The van der Waals surface area contributed by atoms with Crippen molar-refractivity contribution in [1.82, 2.24) is 9.47 Å². The van der Waals surface area contributed by atoms with Crippen molar-refractivity contribution in [1.29, 1.82) is 0 Å². The molecule has 1 aliphatic heterocycles. The second-order valence-electron chi connectivity index (χ2n) is 7.52. The molecule has 7 heteroatoms. The highest BCUT2D eigenvalue weighted by Gasteiger charge is 2.23. The summed E-state index contributed by atoms with van der Waals surface area (Å²) in [5, 5.41) is 1.01. The van der Waals surface area contributed by atoms with Crippen molar-refractivity contribution >= 4 is 22.5 Å². The van der Waals surface area contributed by atoms with Gasteiger partial charge in [0, 0.05) is 51.4 Å². The van der Waals surface area contributed by atoms with Crippen LogP contribution >= 0.6 is 0 Å². The molecule has 1 aromatic heterocycles. The standard InChI is InChI=1S/C24H29N3O4/c1-29-17-16-25-11-10-19-20(25)7-5-9-22(19)31-18-24(28)27-14-12-26(13-15-27)21-6-3-4-8-23(21)30-2/h3-11H,12-18H2,1-2H3. The predicted octanol–water partition coefficient (Wildman–Crippen LogP) is 3.02. The molecule has 1 fully saturated rings. The molecule has 0 atom stereocenters. The molecule has 31 heavy (non-hydrogen) atoms. The summed E-state index contributed by atoms with van der Waals surface area (Å²) in [7, 11) is 3.38. The van der Waals surface area contributed by atoms with E-state index >= 15 is 0 Å². The van der Waals surface area contributed by atoms with E-state index in [-0.39, 0.29) is 12.5 Å². The van der Waals surface area contributed by atoms with Gasteiger partial charge in [0.25, 0.3) is 5.91 Å². The number of carbonyl (C=O) groups is 1. The summed E-state index contributed by atoms with van der Waals surface area (Å²) in [4.78, 5) is 16.9. The molecule has 2 heterocycles. The number of carbonyl (C=O) groups excluding carboxylic acids is 1. The molecule has 1 amide bonds. The minimum absolute atomic E-state index is 0.00972. The van der Waals surface area contributed by atoms with Crippen LogP contribution in [0.4, 0.5) is 5.69 Å². The summed E-state index contributed by atoms with van der Waals surface area (Å²) in [6.45, 7) is 4.33. The highest BCUT2D eigenvalue weighted by atomic mass is 16.5. The van der Waals surface area contributed by atoms with Crippen molar-refractivity contribution < 1.29 is 19.0 Å². The Morgan fingerprint density at radius 3 is 2.48 bits per heavy atom. The van der Waals surface area contributed by atoms with Crippen molar-refractivity contribution in [3.63, 3.8) is 0 Å². The van der Waals surface area contributed by atoms with E-state index in [4.69, 9.17) is 14.2 Å². The first-order chi connectivity index (χ1) is 15.2. The monoisotopic (exact) mass is 423 g/mol. The van der Waals surface area contributed by atoms with Gasteiger partial charge < -0.3 is 28.6 Å². The lowest BCUT2D eigenvalue weighted by Crippen LogP contribution is -2.50. The molecular formula is C24H29N3O4. The molecule has 0 N–H and O–H groups in total. The third kappa shape index (κ3) is 4.61. The van der Waals surface area contributed by atoms with Crippen LogP contribution in [0.25, 0.3) is 10.9 Å². The summed E-state index contributed by atoms with van der Waals surface area (Å²) in [6, 6.07) is 15.9. The maximum Gasteiger partial charge on any atom is 0.260 e. The largest absolute Gasteiger partial charge is 0.495 e. The second-order valence-corrected chi connectivity index (χ2v) is 7.52. The number of amides is 1. The molecule has 164 valence electrons. The van der Waals surface area contributed by atoms with Crippen LogP contribution in [-0.4, -0.2) is 69.0 Å². The molecule has 1 saturated heterocycles. The van der Waals surface area contributed by atoms with E-state index in [0.717, 1.165) is 47.7 Å². The number of rotatable bonds is 8. The van der Waals surface area contributed by atoms with E-state index in [9.17, 15) is 4.79 Å². The first kappa shape index (κ1) is 21.1. The summed E-state index contributed by atoms with van der Waals surface area (Å²) in [5.74, 6) is 1.60. The smallest absolute Gasteiger partial charge is 0.260 e. The molecule has 0 unspecified atom stereocenters. The molecule has 4 rings (SSSR count). The van der Waals surface area contributed by atoms with E-state index in [1.807, 2.05) is 47.5 Å². The number of ether oxygens (including phenoxy) is 3. The molecule has 0 bridgehead atoms. The summed E-state index contributed by atoms with van der Waals surface area (Å²) in [5.41, 5.74) is 2.14. The van der Waals surface area contributed by atoms with Gasteiger partial charge >= 0.3 is 0 Å². The number of methoxy groups -OCH3 is 2. The van der Waals surface area contributed by atoms with Crippen LogP contribution in [0.5, 0.6) is 11.5 Å². The first-order valence-corrected chi connectivity index (χ1v) is 10.6. The molecule has 0 radical (unpaired) electrons. The van der Waals surface area contributed by atoms with Crippen LogP contribution in [0.15, 0.2) is 54.7 Å². The lowest BCUT2D eigenvalue weighted by atomic mass is 10.2. The number of para-hydroxylation sites is 2. The number of aromatic nitrogens is 1. The number of piperazine rings is 1. The molecule has 1 aliphatic rings. The summed E-state index contributed by atoms with van der Waals surface area (Å²) < 4.78 is 18.7. The molecular weight excluding hydrogens is 394 g/mol. The van der Waals surface area contributed by atoms with Crippen LogP contribution in [-0.2, 0) is 16.1 Å². The van der Waals surface area contributed by atoms with Gasteiger partial charge in [-0.15, -0.1) is 0 Å². The molecule has 2 aromatic carbocycles. The van der Waals surface area contributed by atoms with Gasteiger partial charge in [0.15, 0.2) is 6.61 Å². The molecule has 0 spiro atoms. The Labute approximate surface area is 182 Å². The van der Waals surface area contributed by atoms with Crippen LogP contribution in [0.1, 0.15) is 0 Å². The minimum atomic E-state index is 0.00972. The summed E-state index contributed by atoms with van der Waals surface area (Å²) >= 11 is 0. The number of benzene rings is 2. The quantitative estimate of drug-likeness (QED) is 0.558. The topological polar surface area (TPSA) is 56.2 Å². The van der Waals surface area contributed by atoms with E-state index in [1.165, 1.54) is 0 Å². The van der Waals surface area contributed by atoms with Gasteiger partial charge in [0.2, 0.25) is 0 Å². The Kier molecular flexibility index (Phi) is 6.62. The van der Waals surface area contributed by atoms with Crippen LogP contribution in [0.2, 0.25) is 0 Å². The second kappa shape index (κ2) is 9.75. The Morgan fingerprint density at radius 1 is 0.935 bits per heavy atom. The molecule has 7 nitrogen and oxygen atoms in total. The maximum absolute atomic E-state index is 12.8. The average Bonchev–Trinajstić information content (AvgIpc) is 3.25. The Bertz CT molecular complexity index is 1020. The average molecular weight is 424 g/mol. The van der Waals surface area contributed by atoms with Gasteiger partial charge in [-0.25, -0.2) is 0 Å². The van der Waals surface area contributed by atoms with Crippen molar-refractivity contribution in [2.24, 2.45) is 0 Å². The Hall–Kier alpha value is -3.19. The van der Waals surface area contributed by atoms with Gasteiger partial charge in [-0.1, -0.05) is 18.2 Å². The van der Waals surface area contributed by atoms with E-state index < -0.39 is 0 Å². The zero-order valence-corrected chi connectivity index (χ0v) is 18.1.